The van der Waals surface area contributed by atoms with Crippen LogP contribution in [0.2, 0.25) is 0 Å². The second kappa shape index (κ2) is 3.87. The van der Waals surface area contributed by atoms with Crippen LogP contribution in [-0.2, 0) is 4.74 Å². The highest BCUT2D eigenvalue weighted by molar-refractivity contribution is 5.38. The predicted molar refractivity (Wildman–Crippen MR) is 60.5 cm³/mol. The van der Waals surface area contributed by atoms with Gasteiger partial charge in [0.15, 0.2) is 5.65 Å². The van der Waals surface area contributed by atoms with Crippen LogP contribution in [0.15, 0.2) is 18.3 Å². The average molecular weight is 217 g/mol. The standard InChI is InChI=1S/C12H15N3O/c1-9-8-15-12(13-9)3-2-11(14-15)10-4-6-16-7-5-10/h2-3,8,10H,4-7H2,1H3. The molecule has 1 saturated heterocycles. The first-order chi connectivity index (χ1) is 7.83. The number of aryl methyl sites for hydroxylation is 1. The largest absolute Gasteiger partial charge is 0.381 e. The molecule has 0 saturated carbocycles. The Morgan fingerprint density at radius 1 is 1.31 bits per heavy atom. The molecule has 0 bridgehead atoms. The molecule has 0 N–H and O–H groups in total. The minimum Gasteiger partial charge on any atom is -0.381 e. The van der Waals surface area contributed by atoms with Crippen molar-refractivity contribution in [2.45, 2.75) is 25.7 Å². The van der Waals surface area contributed by atoms with Crippen LogP contribution in [0.1, 0.15) is 30.1 Å². The van der Waals surface area contributed by atoms with E-state index in [0.29, 0.717) is 5.92 Å². The summed E-state index contributed by atoms with van der Waals surface area (Å²) in [6, 6.07) is 4.14. The van der Waals surface area contributed by atoms with E-state index in [4.69, 9.17) is 4.74 Å². The molecule has 0 aliphatic carbocycles. The topological polar surface area (TPSA) is 39.4 Å². The quantitative estimate of drug-likeness (QED) is 0.732. The third kappa shape index (κ3) is 1.69. The molecule has 1 aliphatic rings. The second-order valence-corrected chi connectivity index (χ2v) is 4.33. The van der Waals surface area contributed by atoms with Crippen molar-refractivity contribution in [1.82, 2.24) is 14.6 Å². The Morgan fingerprint density at radius 3 is 2.94 bits per heavy atom. The van der Waals surface area contributed by atoms with E-state index in [-0.39, 0.29) is 0 Å². The van der Waals surface area contributed by atoms with Gasteiger partial charge in [0.2, 0.25) is 0 Å². The van der Waals surface area contributed by atoms with E-state index >= 15 is 0 Å². The molecule has 1 fully saturated rings. The van der Waals surface area contributed by atoms with E-state index in [9.17, 15) is 0 Å². The van der Waals surface area contributed by atoms with E-state index in [1.807, 2.05) is 23.7 Å². The number of fused-ring (bicyclic) bond motifs is 1. The van der Waals surface area contributed by atoms with Crippen molar-refractivity contribution in [2.75, 3.05) is 13.2 Å². The summed E-state index contributed by atoms with van der Waals surface area (Å²) < 4.78 is 7.24. The highest BCUT2D eigenvalue weighted by Gasteiger charge is 2.17. The summed E-state index contributed by atoms with van der Waals surface area (Å²) in [5, 5.41) is 4.62. The van der Waals surface area contributed by atoms with Crippen molar-refractivity contribution in [1.29, 1.82) is 0 Å². The third-order valence-corrected chi connectivity index (χ3v) is 3.10. The normalized spacial score (nSPS) is 18.1. The lowest BCUT2D eigenvalue weighted by atomic mass is 9.96. The Balaban J connectivity index is 1.97. The minimum absolute atomic E-state index is 0.542. The van der Waals surface area contributed by atoms with Crippen molar-refractivity contribution < 1.29 is 4.74 Å². The molecule has 4 nitrogen and oxygen atoms in total. The maximum Gasteiger partial charge on any atom is 0.153 e. The van der Waals surface area contributed by atoms with Crippen LogP contribution < -0.4 is 0 Å². The van der Waals surface area contributed by atoms with Crippen LogP contribution in [-0.4, -0.2) is 27.8 Å². The van der Waals surface area contributed by atoms with E-state index < -0.39 is 0 Å². The summed E-state index contributed by atoms with van der Waals surface area (Å²) in [6.45, 7) is 3.70. The van der Waals surface area contributed by atoms with E-state index in [2.05, 4.69) is 16.1 Å². The Morgan fingerprint density at radius 2 is 2.12 bits per heavy atom. The number of imidazole rings is 1. The van der Waals surface area contributed by atoms with E-state index in [1.54, 1.807) is 0 Å². The zero-order valence-electron chi connectivity index (χ0n) is 9.39. The number of ether oxygens (including phenoxy) is 1. The lowest BCUT2D eigenvalue weighted by Crippen LogP contribution is -2.15. The minimum atomic E-state index is 0.542. The molecule has 0 amide bonds. The number of hydrogen-bond acceptors (Lipinski definition) is 3. The Bertz CT molecular complexity index is 500. The lowest BCUT2D eigenvalue weighted by Gasteiger charge is -2.21. The fraction of sp³-hybridized carbons (Fsp3) is 0.500. The summed E-state index contributed by atoms with van der Waals surface area (Å²) in [7, 11) is 0. The van der Waals surface area contributed by atoms with Crippen LogP contribution in [0.4, 0.5) is 0 Å². The van der Waals surface area contributed by atoms with Gasteiger partial charge in [0, 0.05) is 19.1 Å². The van der Waals surface area contributed by atoms with Gasteiger partial charge in [0.05, 0.1) is 17.6 Å². The molecule has 0 unspecified atom stereocenters. The molecular formula is C12H15N3O. The number of rotatable bonds is 1. The van der Waals surface area contributed by atoms with E-state index in [0.717, 1.165) is 43.1 Å². The maximum atomic E-state index is 5.37. The molecular weight excluding hydrogens is 202 g/mol. The van der Waals surface area contributed by atoms with E-state index in [1.165, 1.54) is 0 Å². The molecule has 0 spiro atoms. The molecule has 3 rings (SSSR count). The number of hydrogen-bond donors (Lipinski definition) is 0. The number of nitrogens with zero attached hydrogens (tertiary/aromatic N) is 3. The van der Waals surface area contributed by atoms with Crippen LogP contribution in [0, 0.1) is 6.92 Å². The molecule has 16 heavy (non-hydrogen) atoms. The predicted octanol–water partition coefficient (Wildman–Crippen LogP) is 1.93. The van der Waals surface area contributed by atoms with Gasteiger partial charge in [0.25, 0.3) is 0 Å². The maximum absolute atomic E-state index is 5.37. The molecule has 0 aromatic carbocycles. The average Bonchev–Trinajstić information content (AvgIpc) is 2.69. The zero-order chi connectivity index (χ0) is 11.0. The summed E-state index contributed by atoms with van der Waals surface area (Å²) in [5.41, 5.74) is 3.10. The van der Waals surface area contributed by atoms with Gasteiger partial charge >= 0.3 is 0 Å². The molecule has 0 atom stereocenters. The zero-order valence-corrected chi connectivity index (χ0v) is 9.39. The highest BCUT2D eigenvalue weighted by Crippen LogP contribution is 2.25. The fourth-order valence-corrected chi connectivity index (χ4v) is 2.23. The van der Waals surface area contributed by atoms with Gasteiger partial charge in [0.1, 0.15) is 0 Å². The first-order valence-electron chi connectivity index (χ1n) is 5.73. The van der Waals surface area contributed by atoms with Crippen molar-refractivity contribution in [3.05, 3.63) is 29.7 Å². The molecule has 1 aliphatic heterocycles. The molecule has 2 aromatic heterocycles. The van der Waals surface area contributed by atoms with Gasteiger partial charge < -0.3 is 4.74 Å². The van der Waals surface area contributed by atoms with Gasteiger partial charge in [-0.3, -0.25) is 0 Å². The van der Waals surface area contributed by atoms with Crippen LogP contribution in [0.3, 0.4) is 0 Å². The van der Waals surface area contributed by atoms with Gasteiger partial charge in [-0.1, -0.05) is 0 Å². The summed E-state index contributed by atoms with van der Waals surface area (Å²) >= 11 is 0. The summed E-state index contributed by atoms with van der Waals surface area (Å²) in [5.74, 6) is 0.542. The van der Waals surface area contributed by atoms with Crippen molar-refractivity contribution in [3.63, 3.8) is 0 Å². The van der Waals surface area contributed by atoms with Gasteiger partial charge in [-0.2, -0.15) is 5.10 Å². The highest BCUT2D eigenvalue weighted by atomic mass is 16.5. The van der Waals surface area contributed by atoms with Gasteiger partial charge in [-0.05, 0) is 31.9 Å². The van der Waals surface area contributed by atoms with Crippen molar-refractivity contribution in [3.8, 4) is 0 Å². The Labute approximate surface area is 94.3 Å². The summed E-state index contributed by atoms with van der Waals surface area (Å²) in [6.07, 6.45) is 4.12. The summed E-state index contributed by atoms with van der Waals surface area (Å²) in [4.78, 5) is 4.38. The van der Waals surface area contributed by atoms with Crippen molar-refractivity contribution >= 4 is 5.65 Å². The first kappa shape index (κ1) is 9.78. The third-order valence-electron chi connectivity index (χ3n) is 3.10. The van der Waals surface area contributed by atoms with Gasteiger partial charge in [-0.15, -0.1) is 0 Å². The number of aromatic nitrogens is 3. The molecule has 84 valence electrons. The van der Waals surface area contributed by atoms with Crippen LogP contribution in [0.25, 0.3) is 5.65 Å². The Hall–Kier alpha value is -1.42. The molecule has 3 heterocycles. The van der Waals surface area contributed by atoms with Crippen LogP contribution in [0.5, 0.6) is 0 Å². The SMILES string of the molecule is Cc1cn2nc(C3CCOCC3)ccc2n1. The molecule has 4 heteroatoms. The molecule has 0 radical (unpaired) electrons. The smallest absolute Gasteiger partial charge is 0.153 e. The lowest BCUT2D eigenvalue weighted by molar-refractivity contribution is 0.0843. The first-order valence-corrected chi connectivity index (χ1v) is 5.73. The van der Waals surface area contributed by atoms with Crippen LogP contribution >= 0.6 is 0 Å². The second-order valence-electron chi connectivity index (χ2n) is 4.33. The monoisotopic (exact) mass is 217 g/mol. The Kier molecular flexibility index (Phi) is 2.36. The molecule has 2 aromatic rings. The van der Waals surface area contributed by atoms with Gasteiger partial charge in [-0.25, -0.2) is 9.50 Å². The van der Waals surface area contributed by atoms with Crippen molar-refractivity contribution in [2.24, 2.45) is 0 Å². The fourth-order valence-electron chi connectivity index (χ4n) is 2.23.